The molecule has 20 heavy (non-hydrogen) atoms. The van der Waals surface area contributed by atoms with Gasteiger partial charge in [0.05, 0.1) is 0 Å². The molecule has 1 aromatic rings. The molecule has 0 aliphatic rings. The van der Waals surface area contributed by atoms with E-state index in [0.29, 0.717) is 5.75 Å². The fraction of sp³-hybridized carbons (Fsp3) is 0.667. The van der Waals surface area contributed by atoms with Gasteiger partial charge in [-0.05, 0) is 24.5 Å². The van der Waals surface area contributed by atoms with Gasteiger partial charge < -0.3 is 6.53 Å². The van der Waals surface area contributed by atoms with Crippen LogP contribution in [-0.2, 0) is 6.42 Å². The molecule has 0 aliphatic heterocycles. The molecule has 0 aromatic heterocycles. The Morgan fingerprint density at radius 3 is 1.85 bits per heavy atom. The van der Waals surface area contributed by atoms with Crippen molar-refractivity contribution in [2.24, 2.45) is 0 Å². The molecular weight excluding hydrogens is 271 g/mol. The minimum absolute atomic E-state index is 0. The van der Waals surface area contributed by atoms with Crippen LogP contribution in [0.25, 0.3) is 0 Å². The first-order valence-electron chi connectivity index (χ1n) is 8.11. The van der Waals surface area contributed by atoms with Crippen molar-refractivity contribution in [1.82, 2.24) is 0 Å². The molecule has 1 rings (SSSR count). The number of rotatable bonds is 11. The van der Waals surface area contributed by atoms with Crippen LogP contribution in [0.5, 0.6) is 5.75 Å². The summed E-state index contributed by atoms with van der Waals surface area (Å²) in [6, 6.07) is 7.71. The molecule has 110 valence electrons. The fourth-order valence-electron chi connectivity index (χ4n) is 2.53. The van der Waals surface area contributed by atoms with Crippen LogP contribution >= 0.6 is 0 Å². The number of phenols is 1. The summed E-state index contributed by atoms with van der Waals surface area (Å²) < 4.78 is 0. The predicted octanol–water partition coefficient (Wildman–Crippen LogP) is 2.97. The number of benzene rings is 1. The van der Waals surface area contributed by atoms with Crippen LogP contribution < -0.4 is 51.4 Å². The zero-order valence-electron chi connectivity index (χ0n) is 14.5. The Morgan fingerprint density at radius 2 is 1.30 bits per heavy atom. The summed E-state index contributed by atoms with van der Waals surface area (Å²) in [5.74, 6) is 0.457. The van der Waals surface area contributed by atoms with Crippen molar-refractivity contribution in [2.75, 3.05) is 0 Å². The van der Waals surface area contributed by atoms with E-state index in [1.807, 2.05) is 18.2 Å². The van der Waals surface area contributed by atoms with Crippen molar-refractivity contribution in [3.05, 3.63) is 29.8 Å². The van der Waals surface area contributed by atoms with Crippen molar-refractivity contribution in [3.63, 3.8) is 0 Å². The number of phenolic OH excluding ortho intramolecular Hbond substituents is 1. The normalized spacial score (nSPS) is 10.2. The average Bonchev–Trinajstić information content (AvgIpc) is 2.43. The van der Waals surface area contributed by atoms with Crippen LogP contribution in [0.15, 0.2) is 24.3 Å². The van der Waals surface area contributed by atoms with E-state index in [2.05, 4.69) is 6.92 Å². The van der Waals surface area contributed by atoms with Crippen molar-refractivity contribution in [3.8, 4) is 5.75 Å². The van der Waals surface area contributed by atoms with Gasteiger partial charge in [0.1, 0.15) is 5.75 Å². The summed E-state index contributed by atoms with van der Waals surface area (Å²) in [5, 5.41) is 9.65. The van der Waals surface area contributed by atoms with Crippen molar-refractivity contribution >= 4 is 0 Å². The van der Waals surface area contributed by atoms with Gasteiger partial charge in [-0.15, -0.1) is 0 Å². The average molecular weight is 303 g/mol. The number of para-hydroxylation sites is 1. The standard InChI is InChI=1S/C18H30O.K.H/c1-2-3-4-5-6-7-8-9-10-11-14-17-15-12-13-16-18(17)19;;/h12-13,15-16,19H,2-11,14H2,1H3;;/q;+1;-1. The molecule has 0 saturated heterocycles. The topological polar surface area (TPSA) is 20.2 Å². The molecule has 1 N–H and O–H groups in total. The van der Waals surface area contributed by atoms with Crippen LogP contribution in [0, 0.1) is 0 Å². The molecule has 0 spiro atoms. The number of hydrogen-bond donors (Lipinski definition) is 1. The summed E-state index contributed by atoms with van der Waals surface area (Å²) >= 11 is 0. The van der Waals surface area contributed by atoms with Gasteiger partial charge in [-0.1, -0.05) is 82.9 Å². The molecule has 0 radical (unpaired) electrons. The molecule has 2 heteroatoms. The summed E-state index contributed by atoms with van der Waals surface area (Å²) in [6.07, 6.45) is 14.6. The first-order valence-corrected chi connectivity index (χ1v) is 8.11. The van der Waals surface area contributed by atoms with Gasteiger partial charge in [0, 0.05) is 0 Å². The number of hydrogen-bond acceptors (Lipinski definition) is 1. The van der Waals surface area contributed by atoms with Crippen LogP contribution in [0.2, 0.25) is 0 Å². The Bertz CT molecular complexity index is 331. The van der Waals surface area contributed by atoms with Gasteiger partial charge >= 0.3 is 51.4 Å². The second-order valence-electron chi connectivity index (χ2n) is 5.56. The summed E-state index contributed by atoms with van der Waals surface area (Å²) in [4.78, 5) is 0. The Morgan fingerprint density at radius 1 is 0.800 bits per heavy atom. The molecule has 0 bridgehead atoms. The van der Waals surface area contributed by atoms with Gasteiger partial charge in [-0.25, -0.2) is 0 Å². The SMILES string of the molecule is CCCCCCCCCCCCc1ccccc1O.[H-].[K+]. The first kappa shape index (κ1) is 20.7. The van der Waals surface area contributed by atoms with E-state index < -0.39 is 0 Å². The van der Waals surface area contributed by atoms with Gasteiger partial charge in [0.2, 0.25) is 0 Å². The summed E-state index contributed by atoms with van der Waals surface area (Å²) in [7, 11) is 0. The van der Waals surface area contributed by atoms with Crippen LogP contribution in [0.3, 0.4) is 0 Å². The van der Waals surface area contributed by atoms with Crippen molar-refractivity contribution in [1.29, 1.82) is 0 Å². The minimum atomic E-state index is 0. The van der Waals surface area contributed by atoms with E-state index in [1.165, 1.54) is 64.2 Å². The zero-order chi connectivity index (χ0) is 13.8. The third kappa shape index (κ3) is 10.4. The Labute approximate surface area is 169 Å². The van der Waals surface area contributed by atoms with Crippen molar-refractivity contribution in [2.45, 2.75) is 77.6 Å². The molecule has 0 heterocycles. The van der Waals surface area contributed by atoms with E-state index in [-0.39, 0.29) is 52.8 Å². The smallest absolute Gasteiger partial charge is 1.00 e. The molecule has 1 aromatic carbocycles. The maximum atomic E-state index is 9.65. The second kappa shape index (κ2) is 14.6. The van der Waals surface area contributed by atoms with Crippen molar-refractivity contribution < 1.29 is 57.9 Å². The van der Waals surface area contributed by atoms with E-state index in [0.717, 1.165) is 12.0 Å². The van der Waals surface area contributed by atoms with Gasteiger partial charge in [0.15, 0.2) is 0 Å². The van der Waals surface area contributed by atoms with Gasteiger partial charge in [-0.3, -0.25) is 0 Å². The Kier molecular flexibility index (Phi) is 15.1. The molecular formula is C18H31KO. The molecule has 0 amide bonds. The largest absolute Gasteiger partial charge is 1.00 e. The van der Waals surface area contributed by atoms with Gasteiger partial charge in [-0.2, -0.15) is 0 Å². The molecule has 1 nitrogen and oxygen atoms in total. The monoisotopic (exact) mass is 302 g/mol. The first-order chi connectivity index (χ1) is 9.34. The molecule has 0 aliphatic carbocycles. The second-order valence-corrected chi connectivity index (χ2v) is 5.56. The number of unbranched alkanes of at least 4 members (excludes halogenated alkanes) is 9. The number of aromatic hydroxyl groups is 1. The Balaban J connectivity index is 0. The third-order valence-corrected chi connectivity index (χ3v) is 3.79. The van der Waals surface area contributed by atoms with Crippen LogP contribution in [-0.4, -0.2) is 5.11 Å². The fourth-order valence-corrected chi connectivity index (χ4v) is 2.53. The van der Waals surface area contributed by atoms with Gasteiger partial charge in [0.25, 0.3) is 0 Å². The molecule has 0 fully saturated rings. The predicted molar refractivity (Wildman–Crippen MR) is 84.8 cm³/mol. The number of aryl methyl sites for hydroxylation is 1. The van der Waals surface area contributed by atoms with E-state index in [9.17, 15) is 5.11 Å². The maximum absolute atomic E-state index is 9.65. The zero-order valence-corrected chi connectivity index (χ0v) is 16.7. The van der Waals surface area contributed by atoms with E-state index in [4.69, 9.17) is 0 Å². The summed E-state index contributed by atoms with van der Waals surface area (Å²) in [6.45, 7) is 2.27. The molecule has 0 atom stereocenters. The third-order valence-electron chi connectivity index (χ3n) is 3.79. The Hall–Kier alpha value is 0.656. The minimum Gasteiger partial charge on any atom is -1.00 e. The summed E-state index contributed by atoms with van der Waals surface area (Å²) in [5.41, 5.74) is 1.10. The quantitative estimate of drug-likeness (QED) is 0.492. The molecule has 0 unspecified atom stereocenters. The van der Waals surface area contributed by atoms with E-state index >= 15 is 0 Å². The van der Waals surface area contributed by atoms with Crippen LogP contribution in [0.1, 0.15) is 78.1 Å². The molecule has 0 saturated carbocycles. The maximum Gasteiger partial charge on any atom is 1.00 e. The van der Waals surface area contributed by atoms with E-state index in [1.54, 1.807) is 6.07 Å². The van der Waals surface area contributed by atoms with Crippen LogP contribution in [0.4, 0.5) is 0 Å².